The number of aromatic nitrogens is 3. The van der Waals surface area contributed by atoms with Gasteiger partial charge in [-0.25, -0.2) is 0 Å². The molecule has 2 aromatic rings. The number of hydrogen-bond acceptors (Lipinski definition) is 6. The van der Waals surface area contributed by atoms with Crippen molar-refractivity contribution >= 4 is 18.4 Å². The Morgan fingerprint density at radius 2 is 1.86 bits per heavy atom. The molecular weight excluding hydrogens is 304 g/mol. The van der Waals surface area contributed by atoms with Crippen LogP contribution < -0.4 is 14.2 Å². The first-order chi connectivity index (χ1) is 10.6. The van der Waals surface area contributed by atoms with Crippen LogP contribution in [-0.2, 0) is 6.42 Å². The number of rotatable bonds is 6. The highest BCUT2D eigenvalue weighted by Gasteiger charge is 2.12. The number of aromatic amines is 1. The first-order valence-corrected chi connectivity index (χ1v) is 7.06. The summed E-state index contributed by atoms with van der Waals surface area (Å²) in [6.45, 7) is 1.98. The van der Waals surface area contributed by atoms with Crippen molar-refractivity contribution in [1.29, 1.82) is 0 Å². The molecule has 0 aliphatic rings. The second kappa shape index (κ2) is 7.08. The van der Waals surface area contributed by atoms with Crippen molar-refractivity contribution in [2.24, 2.45) is 5.10 Å². The third-order valence-corrected chi connectivity index (χ3v) is 3.35. The zero-order valence-electron chi connectivity index (χ0n) is 12.9. The van der Waals surface area contributed by atoms with Crippen molar-refractivity contribution < 1.29 is 14.2 Å². The van der Waals surface area contributed by atoms with Gasteiger partial charge in [0.05, 0.1) is 33.1 Å². The first kappa shape index (κ1) is 16.0. The van der Waals surface area contributed by atoms with Crippen LogP contribution in [0.25, 0.3) is 0 Å². The molecule has 0 saturated carbocycles. The Labute approximate surface area is 133 Å². The smallest absolute Gasteiger partial charge is 0.216 e. The van der Waals surface area contributed by atoms with Crippen molar-refractivity contribution in [1.82, 2.24) is 14.9 Å². The van der Waals surface area contributed by atoms with E-state index in [2.05, 4.69) is 15.3 Å². The van der Waals surface area contributed by atoms with Crippen molar-refractivity contribution in [2.75, 3.05) is 21.3 Å². The summed E-state index contributed by atoms with van der Waals surface area (Å²) in [7, 11) is 4.74. The van der Waals surface area contributed by atoms with Crippen LogP contribution in [0.5, 0.6) is 17.2 Å². The second-order valence-corrected chi connectivity index (χ2v) is 4.69. The summed E-state index contributed by atoms with van der Waals surface area (Å²) in [4.78, 5) is 0. The maximum absolute atomic E-state index is 5.38. The van der Waals surface area contributed by atoms with Gasteiger partial charge in [-0.1, -0.05) is 6.92 Å². The van der Waals surface area contributed by atoms with Gasteiger partial charge in [-0.3, -0.25) is 5.10 Å². The molecule has 1 aromatic heterocycles. The van der Waals surface area contributed by atoms with Crippen molar-refractivity contribution in [3.05, 3.63) is 28.3 Å². The number of H-pyrrole nitrogens is 1. The molecule has 0 spiro atoms. The van der Waals surface area contributed by atoms with Gasteiger partial charge in [-0.15, -0.1) is 0 Å². The fraction of sp³-hybridized carbons (Fsp3) is 0.357. The van der Waals surface area contributed by atoms with Crippen molar-refractivity contribution in [3.8, 4) is 17.2 Å². The SMILES string of the molecule is CCc1n[nH]c(=S)n1N=Cc1c(OC)cc(OC)cc1OC. The normalized spacial score (nSPS) is 10.9. The lowest BCUT2D eigenvalue weighted by Crippen LogP contribution is -2.01. The van der Waals surface area contributed by atoms with Gasteiger partial charge in [0.25, 0.3) is 0 Å². The number of methoxy groups -OCH3 is 3. The summed E-state index contributed by atoms with van der Waals surface area (Å²) in [5.74, 6) is 2.56. The second-order valence-electron chi connectivity index (χ2n) is 4.30. The molecule has 7 nitrogen and oxygen atoms in total. The molecule has 1 N–H and O–H groups in total. The Hall–Kier alpha value is -2.35. The average Bonchev–Trinajstić information content (AvgIpc) is 2.91. The summed E-state index contributed by atoms with van der Waals surface area (Å²) >= 11 is 5.17. The third-order valence-electron chi connectivity index (χ3n) is 3.09. The summed E-state index contributed by atoms with van der Waals surface area (Å²) in [5, 5.41) is 11.2. The van der Waals surface area contributed by atoms with Crippen LogP contribution in [0.3, 0.4) is 0 Å². The molecule has 0 aliphatic heterocycles. The zero-order valence-corrected chi connectivity index (χ0v) is 13.7. The third kappa shape index (κ3) is 3.11. The van der Waals surface area contributed by atoms with E-state index in [9.17, 15) is 0 Å². The predicted molar refractivity (Wildman–Crippen MR) is 85.9 cm³/mol. The Kier molecular flexibility index (Phi) is 5.16. The fourth-order valence-corrected chi connectivity index (χ4v) is 2.15. The molecule has 118 valence electrons. The standard InChI is InChI=1S/C14H18N4O3S/c1-5-13-16-17-14(22)18(13)15-8-10-11(20-3)6-9(19-2)7-12(10)21-4/h6-8H,5H2,1-4H3,(H,17,22). The van der Waals surface area contributed by atoms with Gasteiger partial charge in [0, 0.05) is 18.6 Å². The largest absolute Gasteiger partial charge is 0.496 e. The number of nitrogens with zero attached hydrogens (tertiary/aromatic N) is 3. The molecule has 0 amide bonds. The molecule has 0 bridgehead atoms. The van der Waals surface area contributed by atoms with E-state index in [0.29, 0.717) is 34.0 Å². The van der Waals surface area contributed by atoms with Gasteiger partial charge in [-0.05, 0) is 12.2 Å². The number of benzene rings is 1. The number of ether oxygens (including phenoxy) is 3. The molecule has 0 saturated heterocycles. The van der Waals surface area contributed by atoms with Crippen LogP contribution in [0, 0.1) is 4.77 Å². The summed E-state index contributed by atoms with van der Waals surface area (Å²) < 4.78 is 18.0. The van der Waals surface area contributed by atoms with Gasteiger partial charge in [0.2, 0.25) is 4.77 Å². The fourth-order valence-electron chi connectivity index (χ4n) is 1.95. The molecule has 1 heterocycles. The topological polar surface area (TPSA) is 73.7 Å². The van der Waals surface area contributed by atoms with E-state index >= 15 is 0 Å². The van der Waals surface area contributed by atoms with E-state index in [-0.39, 0.29) is 0 Å². The van der Waals surface area contributed by atoms with Gasteiger partial charge in [-0.2, -0.15) is 14.9 Å². The molecule has 8 heteroatoms. The lowest BCUT2D eigenvalue weighted by atomic mass is 10.2. The van der Waals surface area contributed by atoms with E-state index in [1.165, 1.54) is 0 Å². The molecule has 22 heavy (non-hydrogen) atoms. The summed E-state index contributed by atoms with van der Waals surface area (Å²) in [6.07, 6.45) is 2.34. The average molecular weight is 322 g/mol. The van der Waals surface area contributed by atoms with E-state index in [0.717, 1.165) is 5.82 Å². The summed E-state index contributed by atoms with van der Waals surface area (Å²) in [5.41, 5.74) is 0.691. The Morgan fingerprint density at radius 3 is 2.36 bits per heavy atom. The maximum atomic E-state index is 5.38. The molecule has 0 aliphatic carbocycles. The molecule has 0 unspecified atom stereocenters. The van der Waals surface area contributed by atoms with Crippen LogP contribution in [0.15, 0.2) is 17.2 Å². The van der Waals surface area contributed by atoms with Crippen molar-refractivity contribution in [3.63, 3.8) is 0 Å². The molecule has 2 rings (SSSR count). The highest BCUT2D eigenvalue weighted by Crippen LogP contribution is 2.32. The molecule has 1 aromatic carbocycles. The molecule has 0 radical (unpaired) electrons. The quantitative estimate of drug-likeness (QED) is 0.653. The Balaban J connectivity index is 2.50. The monoisotopic (exact) mass is 322 g/mol. The number of hydrogen-bond donors (Lipinski definition) is 1. The highest BCUT2D eigenvalue weighted by molar-refractivity contribution is 7.71. The van der Waals surface area contributed by atoms with E-state index in [4.69, 9.17) is 26.4 Å². The molecule has 0 atom stereocenters. The highest BCUT2D eigenvalue weighted by atomic mass is 32.1. The number of nitrogens with one attached hydrogen (secondary N) is 1. The Morgan fingerprint density at radius 1 is 1.23 bits per heavy atom. The van der Waals surface area contributed by atoms with Crippen molar-refractivity contribution in [2.45, 2.75) is 13.3 Å². The van der Waals surface area contributed by atoms with Gasteiger partial charge in [0.15, 0.2) is 5.82 Å². The summed E-state index contributed by atoms with van der Waals surface area (Å²) in [6, 6.07) is 3.53. The van der Waals surface area contributed by atoms with Gasteiger partial charge >= 0.3 is 0 Å². The zero-order chi connectivity index (χ0) is 16.1. The van der Waals surface area contributed by atoms with E-state index in [1.807, 2.05) is 6.92 Å². The predicted octanol–water partition coefficient (Wildman–Crippen LogP) is 2.41. The first-order valence-electron chi connectivity index (χ1n) is 6.65. The van der Waals surface area contributed by atoms with Crippen LogP contribution >= 0.6 is 12.2 Å². The number of aryl methyl sites for hydroxylation is 1. The molecular formula is C14H18N4O3S. The van der Waals surface area contributed by atoms with Crippen LogP contribution in [0.4, 0.5) is 0 Å². The van der Waals surface area contributed by atoms with Gasteiger partial charge in [0.1, 0.15) is 17.2 Å². The van der Waals surface area contributed by atoms with Crippen LogP contribution in [0.2, 0.25) is 0 Å². The van der Waals surface area contributed by atoms with E-state index < -0.39 is 0 Å². The Bertz CT molecular complexity index is 711. The lowest BCUT2D eigenvalue weighted by Gasteiger charge is -2.12. The maximum Gasteiger partial charge on any atom is 0.216 e. The lowest BCUT2D eigenvalue weighted by molar-refractivity contribution is 0.374. The minimum Gasteiger partial charge on any atom is -0.496 e. The minimum atomic E-state index is 0.430. The molecule has 0 fully saturated rings. The van der Waals surface area contributed by atoms with Crippen LogP contribution in [-0.4, -0.2) is 42.4 Å². The van der Waals surface area contributed by atoms with E-state index in [1.54, 1.807) is 44.4 Å². The minimum absolute atomic E-state index is 0.430. The van der Waals surface area contributed by atoms with Crippen LogP contribution in [0.1, 0.15) is 18.3 Å². The van der Waals surface area contributed by atoms with Gasteiger partial charge < -0.3 is 14.2 Å².